The summed E-state index contributed by atoms with van der Waals surface area (Å²) in [5.74, 6) is 1.76. The maximum Gasteiger partial charge on any atom is 0.150 e. The Labute approximate surface area is 109 Å². The van der Waals surface area contributed by atoms with E-state index < -0.39 is 0 Å². The predicted octanol–water partition coefficient (Wildman–Crippen LogP) is 2.90. The molecule has 0 fully saturated rings. The molecule has 2 aromatic rings. The molecular weight excluding hydrogens is 252 g/mol. The van der Waals surface area contributed by atoms with Gasteiger partial charge in [-0.1, -0.05) is 17.8 Å². The van der Waals surface area contributed by atoms with Gasteiger partial charge in [-0.05, 0) is 17.7 Å². The summed E-state index contributed by atoms with van der Waals surface area (Å²) >= 11 is 3.37. The monoisotopic (exact) mass is 266 g/mol. The molecule has 0 atom stereocenters. The SMILES string of the molecule is COc1ccc(CN)cc1CSc1nccs1. The second-order valence-electron chi connectivity index (χ2n) is 3.44. The standard InChI is InChI=1S/C12H14N2OS2/c1-15-11-3-2-9(7-13)6-10(11)8-17-12-14-4-5-16-12/h2-6H,7-8,13H2,1H3. The average Bonchev–Trinajstić information content (AvgIpc) is 2.89. The summed E-state index contributed by atoms with van der Waals surface area (Å²) in [5.41, 5.74) is 7.93. The van der Waals surface area contributed by atoms with E-state index in [0.717, 1.165) is 27.0 Å². The fourth-order valence-electron chi connectivity index (χ4n) is 1.49. The summed E-state index contributed by atoms with van der Waals surface area (Å²) in [6, 6.07) is 6.07. The Morgan fingerprint density at radius 1 is 1.47 bits per heavy atom. The van der Waals surface area contributed by atoms with Crippen molar-refractivity contribution < 1.29 is 4.74 Å². The molecule has 0 aliphatic rings. The number of rotatable bonds is 5. The van der Waals surface area contributed by atoms with Crippen molar-refractivity contribution in [2.45, 2.75) is 16.6 Å². The molecule has 0 spiro atoms. The number of benzene rings is 1. The molecule has 3 nitrogen and oxygen atoms in total. The quantitative estimate of drug-likeness (QED) is 0.845. The molecule has 0 saturated heterocycles. The van der Waals surface area contributed by atoms with Gasteiger partial charge in [0.1, 0.15) is 10.1 Å². The Bertz CT molecular complexity index is 471. The molecule has 17 heavy (non-hydrogen) atoms. The van der Waals surface area contributed by atoms with Gasteiger partial charge in [-0.3, -0.25) is 0 Å². The van der Waals surface area contributed by atoms with Crippen molar-refractivity contribution in [1.82, 2.24) is 4.98 Å². The third-order valence-electron chi connectivity index (χ3n) is 2.34. The van der Waals surface area contributed by atoms with E-state index in [0.29, 0.717) is 6.54 Å². The summed E-state index contributed by atoms with van der Waals surface area (Å²) < 4.78 is 6.42. The summed E-state index contributed by atoms with van der Waals surface area (Å²) in [6.45, 7) is 0.554. The van der Waals surface area contributed by atoms with Crippen molar-refractivity contribution in [3.05, 3.63) is 40.9 Å². The van der Waals surface area contributed by atoms with Gasteiger partial charge in [0.15, 0.2) is 0 Å². The van der Waals surface area contributed by atoms with Crippen molar-refractivity contribution in [2.24, 2.45) is 5.73 Å². The molecule has 0 aliphatic heterocycles. The Morgan fingerprint density at radius 2 is 2.35 bits per heavy atom. The summed E-state index contributed by atoms with van der Waals surface area (Å²) in [5, 5.41) is 1.98. The lowest BCUT2D eigenvalue weighted by molar-refractivity contribution is 0.411. The molecule has 1 heterocycles. The molecular formula is C12H14N2OS2. The average molecular weight is 266 g/mol. The van der Waals surface area contributed by atoms with E-state index >= 15 is 0 Å². The van der Waals surface area contributed by atoms with Crippen molar-refractivity contribution in [3.63, 3.8) is 0 Å². The first-order valence-corrected chi connectivity index (χ1v) is 7.08. The van der Waals surface area contributed by atoms with Crippen LogP contribution in [0.15, 0.2) is 34.1 Å². The highest BCUT2D eigenvalue weighted by Crippen LogP contribution is 2.29. The Kier molecular flexibility index (Phi) is 4.42. The lowest BCUT2D eigenvalue weighted by Crippen LogP contribution is -1.98. The molecule has 2 rings (SSSR count). The first-order chi connectivity index (χ1) is 8.33. The summed E-state index contributed by atoms with van der Waals surface area (Å²) in [4.78, 5) is 4.25. The highest BCUT2D eigenvalue weighted by molar-refractivity contribution is 8.00. The van der Waals surface area contributed by atoms with Crippen molar-refractivity contribution in [1.29, 1.82) is 0 Å². The van der Waals surface area contributed by atoms with Crippen molar-refractivity contribution in [2.75, 3.05) is 7.11 Å². The lowest BCUT2D eigenvalue weighted by Gasteiger charge is -2.09. The number of hydrogen-bond acceptors (Lipinski definition) is 5. The largest absolute Gasteiger partial charge is 0.496 e. The molecule has 0 radical (unpaired) electrons. The summed E-state index contributed by atoms with van der Waals surface area (Å²) in [6.07, 6.45) is 1.82. The second kappa shape index (κ2) is 6.05. The third-order valence-corrected chi connectivity index (χ3v) is 4.36. The van der Waals surface area contributed by atoms with Crippen LogP contribution < -0.4 is 10.5 Å². The van der Waals surface area contributed by atoms with E-state index in [1.165, 1.54) is 0 Å². The molecule has 0 bridgehead atoms. The number of methoxy groups -OCH3 is 1. The topological polar surface area (TPSA) is 48.1 Å². The zero-order valence-electron chi connectivity index (χ0n) is 9.55. The predicted molar refractivity (Wildman–Crippen MR) is 72.6 cm³/mol. The van der Waals surface area contributed by atoms with E-state index in [4.69, 9.17) is 10.5 Å². The van der Waals surface area contributed by atoms with Crippen LogP contribution in [0.4, 0.5) is 0 Å². The van der Waals surface area contributed by atoms with E-state index in [1.54, 1.807) is 30.2 Å². The maximum atomic E-state index is 5.64. The van der Waals surface area contributed by atoms with Gasteiger partial charge in [0.2, 0.25) is 0 Å². The smallest absolute Gasteiger partial charge is 0.150 e. The minimum absolute atomic E-state index is 0.554. The van der Waals surface area contributed by atoms with Crippen LogP contribution in [0.5, 0.6) is 5.75 Å². The van der Waals surface area contributed by atoms with Gasteiger partial charge in [-0.25, -0.2) is 4.98 Å². The fourth-order valence-corrected chi connectivity index (χ4v) is 3.11. The molecule has 0 saturated carbocycles. The molecule has 5 heteroatoms. The van der Waals surface area contributed by atoms with Gasteiger partial charge in [0.05, 0.1) is 7.11 Å². The van der Waals surface area contributed by atoms with Gasteiger partial charge >= 0.3 is 0 Å². The van der Waals surface area contributed by atoms with Crippen molar-refractivity contribution in [3.8, 4) is 5.75 Å². The number of nitrogens with two attached hydrogens (primary N) is 1. The van der Waals surface area contributed by atoms with Crippen LogP contribution in [-0.4, -0.2) is 12.1 Å². The molecule has 0 aliphatic carbocycles. The van der Waals surface area contributed by atoms with Crippen LogP contribution >= 0.6 is 23.1 Å². The van der Waals surface area contributed by atoms with E-state index in [2.05, 4.69) is 11.1 Å². The molecule has 1 aromatic carbocycles. The van der Waals surface area contributed by atoms with Gasteiger partial charge < -0.3 is 10.5 Å². The van der Waals surface area contributed by atoms with Gasteiger partial charge in [-0.2, -0.15) is 0 Å². The number of thiazole rings is 1. The van der Waals surface area contributed by atoms with Crippen LogP contribution in [0.2, 0.25) is 0 Å². The number of aromatic nitrogens is 1. The van der Waals surface area contributed by atoms with Crippen molar-refractivity contribution >= 4 is 23.1 Å². The number of ether oxygens (including phenoxy) is 1. The number of nitrogens with zero attached hydrogens (tertiary/aromatic N) is 1. The molecule has 2 N–H and O–H groups in total. The molecule has 1 aromatic heterocycles. The van der Waals surface area contributed by atoms with E-state index in [-0.39, 0.29) is 0 Å². The van der Waals surface area contributed by atoms with Crippen LogP contribution in [0.1, 0.15) is 11.1 Å². The normalized spacial score (nSPS) is 10.5. The van der Waals surface area contributed by atoms with Crippen LogP contribution in [0.25, 0.3) is 0 Å². The van der Waals surface area contributed by atoms with Gasteiger partial charge in [0, 0.05) is 29.4 Å². The van der Waals surface area contributed by atoms with E-state index in [9.17, 15) is 0 Å². The first-order valence-electron chi connectivity index (χ1n) is 5.21. The number of thioether (sulfide) groups is 1. The molecule has 90 valence electrons. The third kappa shape index (κ3) is 3.21. The lowest BCUT2D eigenvalue weighted by atomic mass is 10.1. The molecule has 0 unspecified atom stereocenters. The van der Waals surface area contributed by atoms with Gasteiger partial charge in [0.25, 0.3) is 0 Å². The van der Waals surface area contributed by atoms with E-state index in [1.807, 2.05) is 23.7 Å². The zero-order valence-corrected chi connectivity index (χ0v) is 11.2. The summed E-state index contributed by atoms with van der Waals surface area (Å²) in [7, 11) is 1.69. The zero-order chi connectivity index (χ0) is 12.1. The Balaban J connectivity index is 2.12. The highest BCUT2D eigenvalue weighted by Gasteiger charge is 2.06. The van der Waals surface area contributed by atoms with Crippen LogP contribution in [0, 0.1) is 0 Å². The van der Waals surface area contributed by atoms with Crippen LogP contribution in [-0.2, 0) is 12.3 Å². The first kappa shape index (κ1) is 12.4. The maximum absolute atomic E-state index is 5.64. The van der Waals surface area contributed by atoms with Crippen LogP contribution in [0.3, 0.4) is 0 Å². The second-order valence-corrected chi connectivity index (χ2v) is 5.55. The Hall–Kier alpha value is -1.04. The Morgan fingerprint density at radius 3 is 3.00 bits per heavy atom. The highest BCUT2D eigenvalue weighted by atomic mass is 32.2. The molecule has 0 amide bonds. The minimum Gasteiger partial charge on any atom is -0.496 e. The van der Waals surface area contributed by atoms with Gasteiger partial charge in [-0.15, -0.1) is 11.3 Å². The fraction of sp³-hybridized carbons (Fsp3) is 0.250. The minimum atomic E-state index is 0.554. The number of hydrogen-bond donors (Lipinski definition) is 1.